The second-order valence-electron chi connectivity index (χ2n) is 9.47. The first-order chi connectivity index (χ1) is 18.2. The normalized spacial score (nSPS) is 12.9. The molecule has 1 N–H and O–H groups in total. The molecule has 1 aliphatic heterocycles. The van der Waals surface area contributed by atoms with Gasteiger partial charge in [-0.15, -0.1) is 5.10 Å². The third kappa shape index (κ3) is 4.21. The molecule has 6 rings (SSSR count). The number of aromatic nitrogens is 3. The Balaban J connectivity index is 1.57. The average Bonchev–Trinajstić information content (AvgIpc) is 3.37. The highest BCUT2D eigenvalue weighted by atomic mass is 32.1. The van der Waals surface area contributed by atoms with Crippen LogP contribution in [0.4, 0.5) is 5.69 Å². The number of hydrogen-bond acceptors (Lipinski definition) is 3. The minimum atomic E-state index is 0.668. The van der Waals surface area contributed by atoms with Crippen molar-refractivity contribution in [3.63, 3.8) is 0 Å². The lowest BCUT2D eigenvalue weighted by atomic mass is 9.98. The van der Waals surface area contributed by atoms with Crippen molar-refractivity contribution in [3.8, 4) is 28.3 Å². The SMILES string of the molecule is CCc1ccc(NC(=S)c2c(-c3ccc(OC)cc3)c3c4n(c(-c5ccccc5)nn24)CCCC3)cc1. The van der Waals surface area contributed by atoms with Crippen LogP contribution in [0, 0.1) is 0 Å². The smallest absolute Gasteiger partial charge is 0.162 e. The first kappa shape index (κ1) is 23.5. The van der Waals surface area contributed by atoms with Gasteiger partial charge in [0.1, 0.15) is 22.1 Å². The zero-order valence-corrected chi connectivity index (χ0v) is 22.0. The zero-order chi connectivity index (χ0) is 25.4. The van der Waals surface area contributed by atoms with E-state index in [-0.39, 0.29) is 0 Å². The van der Waals surface area contributed by atoms with Crippen LogP contribution in [0.15, 0.2) is 78.9 Å². The number of anilines is 1. The third-order valence-electron chi connectivity index (χ3n) is 7.23. The van der Waals surface area contributed by atoms with E-state index in [2.05, 4.69) is 82.0 Å². The Kier molecular flexibility index (Phi) is 6.26. The summed E-state index contributed by atoms with van der Waals surface area (Å²) in [5.74, 6) is 1.82. The van der Waals surface area contributed by atoms with Crippen LogP contribution >= 0.6 is 12.2 Å². The number of aryl methyl sites for hydroxylation is 3. The van der Waals surface area contributed by atoms with Crippen LogP contribution in [-0.4, -0.2) is 26.3 Å². The number of hydrogen-bond donors (Lipinski definition) is 1. The summed E-state index contributed by atoms with van der Waals surface area (Å²) in [5.41, 5.74) is 9.05. The van der Waals surface area contributed by atoms with Gasteiger partial charge in [0.25, 0.3) is 0 Å². The molecular weight excluding hydrogens is 476 g/mol. The van der Waals surface area contributed by atoms with Gasteiger partial charge in [-0.2, -0.15) is 0 Å². The van der Waals surface area contributed by atoms with Gasteiger partial charge < -0.3 is 14.6 Å². The molecule has 0 amide bonds. The molecule has 1 aliphatic rings. The van der Waals surface area contributed by atoms with Gasteiger partial charge in [0, 0.05) is 28.9 Å². The summed E-state index contributed by atoms with van der Waals surface area (Å²) >= 11 is 6.11. The van der Waals surface area contributed by atoms with Gasteiger partial charge in [0.15, 0.2) is 5.82 Å². The highest BCUT2D eigenvalue weighted by molar-refractivity contribution is 7.81. The van der Waals surface area contributed by atoms with Crippen LogP contribution in [0.2, 0.25) is 0 Å². The van der Waals surface area contributed by atoms with E-state index >= 15 is 0 Å². The van der Waals surface area contributed by atoms with Crippen molar-refractivity contribution < 1.29 is 4.74 Å². The maximum absolute atomic E-state index is 6.11. The van der Waals surface area contributed by atoms with Crippen LogP contribution < -0.4 is 10.1 Å². The second-order valence-corrected chi connectivity index (χ2v) is 9.88. The van der Waals surface area contributed by atoms with E-state index in [0.29, 0.717) is 4.99 Å². The third-order valence-corrected chi connectivity index (χ3v) is 7.53. The predicted molar refractivity (Wildman–Crippen MR) is 155 cm³/mol. The van der Waals surface area contributed by atoms with E-state index in [1.54, 1.807) is 7.11 Å². The van der Waals surface area contributed by atoms with Crippen LogP contribution in [0.25, 0.3) is 28.2 Å². The number of methoxy groups -OCH3 is 1. The molecule has 0 radical (unpaired) electrons. The van der Waals surface area contributed by atoms with E-state index in [4.69, 9.17) is 22.1 Å². The van der Waals surface area contributed by atoms with E-state index in [1.807, 2.05) is 18.2 Å². The van der Waals surface area contributed by atoms with E-state index < -0.39 is 0 Å². The van der Waals surface area contributed by atoms with Gasteiger partial charge in [-0.1, -0.05) is 73.7 Å². The van der Waals surface area contributed by atoms with Crippen LogP contribution in [-0.2, 0) is 19.4 Å². The number of nitrogens with zero attached hydrogens (tertiary/aromatic N) is 3. The fourth-order valence-electron chi connectivity index (χ4n) is 5.33. The molecule has 6 heteroatoms. The molecule has 186 valence electrons. The monoisotopic (exact) mass is 506 g/mol. The number of thiocarbonyl (C=S) groups is 1. The Morgan fingerprint density at radius 3 is 2.41 bits per heavy atom. The Morgan fingerprint density at radius 2 is 1.70 bits per heavy atom. The van der Waals surface area contributed by atoms with Crippen molar-refractivity contribution in [2.45, 2.75) is 39.2 Å². The summed E-state index contributed by atoms with van der Waals surface area (Å²) in [4.78, 5) is 0.668. The summed E-state index contributed by atoms with van der Waals surface area (Å²) in [7, 11) is 1.70. The highest BCUT2D eigenvalue weighted by Gasteiger charge is 2.29. The maximum atomic E-state index is 6.11. The van der Waals surface area contributed by atoms with Crippen LogP contribution in [0.1, 0.15) is 36.6 Å². The summed E-state index contributed by atoms with van der Waals surface area (Å²) in [6.07, 6.45) is 4.23. The fraction of sp³-hybridized carbons (Fsp3) is 0.226. The average molecular weight is 507 g/mol. The minimum absolute atomic E-state index is 0.668. The number of nitrogens with one attached hydrogen (secondary N) is 1. The highest BCUT2D eigenvalue weighted by Crippen LogP contribution is 2.39. The summed E-state index contributed by atoms with van der Waals surface area (Å²) in [6.45, 7) is 3.10. The molecular formula is C31H30N4OS. The summed E-state index contributed by atoms with van der Waals surface area (Å²) < 4.78 is 9.90. The lowest BCUT2D eigenvalue weighted by Gasteiger charge is -2.12. The predicted octanol–water partition coefficient (Wildman–Crippen LogP) is 7.16. The molecule has 2 aromatic heterocycles. The van der Waals surface area contributed by atoms with Crippen molar-refractivity contribution in [1.82, 2.24) is 14.2 Å². The van der Waals surface area contributed by atoms with Gasteiger partial charge in [-0.05, 0) is 61.1 Å². The standard InChI is InChI=1S/C31H30N4OS/c1-3-21-12-16-24(17-13-21)32-30(37)28-27(22-14-18-25(36-2)19-15-22)26-11-7-8-20-34-29(33-35(28)31(26)34)23-9-5-4-6-10-23/h4-6,9-10,12-19H,3,7-8,11,20H2,1-2H3,(H,32,37). The number of rotatable bonds is 6. The first-order valence-corrected chi connectivity index (χ1v) is 13.3. The number of benzene rings is 3. The fourth-order valence-corrected chi connectivity index (χ4v) is 5.64. The quantitative estimate of drug-likeness (QED) is 0.248. The summed E-state index contributed by atoms with van der Waals surface area (Å²) in [5, 5.41) is 8.71. The van der Waals surface area contributed by atoms with Gasteiger partial charge in [-0.3, -0.25) is 0 Å². The molecule has 5 aromatic rings. The van der Waals surface area contributed by atoms with Crippen molar-refractivity contribution in [1.29, 1.82) is 0 Å². The summed E-state index contributed by atoms with van der Waals surface area (Å²) in [6, 6.07) is 27.2. The topological polar surface area (TPSA) is 43.5 Å². The molecule has 0 unspecified atom stereocenters. The Labute approximate surface area is 222 Å². The Hall–Kier alpha value is -3.90. The van der Waals surface area contributed by atoms with Gasteiger partial charge >= 0.3 is 0 Å². The van der Waals surface area contributed by atoms with Crippen LogP contribution in [0.3, 0.4) is 0 Å². The molecule has 0 saturated carbocycles. The Bertz CT molecular complexity index is 1560. The first-order valence-electron chi connectivity index (χ1n) is 12.9. The van der Waals surface area contributed by atoms with E-state index in [1.165, 1.54) is 11.1 Å². The molecule has 3 heterocycles. The minimum Gasteiger partial charge on any atom is -0.497 e. The molecule has 0 spiro atoms. The largest absolute Gasteiger partial charge is 0.497 e. The molecule has 0 bridgehead atoms. The van der Waals surface area contributed by atoms with Gasteiger partial charge in [0.05, 0.1) is 7.11 Å². The molecule has 0 saturated heterocycles. The molecule has 3 aromatic carbocycles. The van der Waals surface area contributed by atoms with Crippen molar-refractivity contribution >= 4 is 28.5 Å². The molecule has 0 aliphatic carbocycles. The molecule has 5 nitrogen and oxygen atoms in total. The Morgan fingerprint density at radius 1 is 0.946 bits per heavy atom. The maximum Gasteiger partial charge on any atom is 0.162 e. The second kappa shape index (κ2) is 9.87. The van der Waals surface area contributed by atoms with Crippen molar-refractivity contribution in [3.05, 3.63) is 95.7 Å². The number of ether oxygens (including phenoxy) is 1. The molecule has 0 fully saturated rings. The van der Waals surface area contributed by atoms with Crippen molar-refractivity contribution in [2.24, 2.45) is 0 Å². The van der Waals surface area contributed by atoms with Crippen LogP contribution in [0.5, 0.6) is 5.75 Å². The van der Waals surface area contributed by atoms with Crippen molar-refractivity contribution in [2.75, 3.05) is 12.4 Å². The van der Waals surface area contributed by atoms with Gasteiger partial charge in [-0.25, -0.2) is 4.52 Å². The lowest BCUT2D eigenvalue weighted by molar-refractivity contribution is 0.415. The lowest BCUT2D eigenvalue weighted by Crippen LogP contribution is -2.15. The van der Waals surface area contributed by atoms with E-state index in [0.717, 1.165) is 77.5 Å². The molecule has 0 atom stereocenters. The van der Waals surface area contributed by atoms with Gasteiger partial charge in [0.2, 0.25) is 0 Å². The van der Waals surface area contributed by atoms with E-state index in [9.17, 15) is 0 Å². The molecule has 37 heavy (non-hydrogen) atoms. The zero-order valence-electron chi connectivity index (χ0n) is 21.2.